The molecular formula is C13H18N4O. The van der Waals surface area contributed by atoms with Crippen LogP contribution in [0.1, 0.15) is 17.0 Å². The molecule has 5 nitrogen and oxygen atoms in total. The Kier molecular flexibility index (Phi) is 4.13. The first-order valence-corrected chi connectivity index (χ1v) is 6.17. The highest BCUT2D eigenvalue weighted by Crippen LogP contribution is 2.16. The summed E-state index contributed by atoms with van der Waals surface area (Å²) in [6.07, 6.45) is 0.843. The lowest BCUT2D eigenvalue weighted by Gasteiger charge is -2.26. The maximum atomic E-state index is 8.96. The normalized spacial score (nSPS) is 16.4. The Morgan fingerprint density at radius 1 is 1.50 bits per heavy atom. The molecule has 1 aromatic heterocycles. The number of pyridine rings is 1. The van der Waals surface area contributed by atoms with Gasteiger partial charge < -0.3 is 10.5 Å². The molecule has 1 aromatic rings. The number of anilines is 1. The summed E-state index contributed by atoms with van der Waals surface area (Å²) in [5.74, 6) is 0. The Hall–Kier alpha value is -1.64. The molecule has 0 aliphatic carbocycles. The van der Waals surface area contributed by atoms with Crippen LogP contribution >= 0.6 is 0 Å². The van der Waals surface area contributed by atoms with Gasteiger partial charge in [-0.3, -0.25) is 4.90 Å². The number of rotatable bonds is 3. The molecule has 0 saturated carbocycles. The predicted molar refractivity (Wildman–Crippen MR) is 69.1 cm³/mol. The summed E-state index contributed by atoms with van der Waals surface area (Å²) in [6.45, 7) is 6.41. The molecule has 1 fully saturated rings. The van der Waals surface area contributed by atoms with E-state index in [4.69, 9.17) is 15.7 Å². The van der Waals surface area contributed by atoms with E-state index in [9.17, 15) is 0 Å². The molecule has 96 valence electrons. The molecule has 18 heavy (non-hydrogen) atoms. The molecule has 0 atom stereocenters. The molecule has 1 aliphatic heterocycles. The number of hydrogen-bond acceptors (Lipinski definition) is 5. The zero-order chi connectivity index (χ0) is 13.0. The van der Waals surface area contributed by atoms with Gasteiger partial charge in [-0.15, -0.1) is 0 Å². The van der Waals surface area contributed by atoms with E-state index in [1.807, 2.05) is 19.1 Å². The first kappa shape index (κ1) is 12.8. The molecule has 1 saturated heterocycles. The number of aromatic nitrogens is 1. The molecule has 0 unspecified atom stereocenters. The fourth-order valence-electron chi connectivity index (χ4n) is 2.06. The van der Waals surface area contributed by atoms with E-state index in [0.717, 1.165) is 50.5 Å². The lowest BCUT2D eigenvalue weighted by atomic mass is 10.1. The number of morpholine rings is 1. The van der Waals surface area contributed by atoms with Gasteiger partial charge in [0.15, 0.2) is 5.69 Å². The topological polar surface area (TPSA) is 75.2 Å². The SMILES string of the molecule is Cc1cc(CCN2CCOCC2)nc(C#N)c1N. The molecule has 2 heterocycles. The van der Waals surface area contributed by atoms with E-state index in [1.165, 1.54) is 0 Å². The smallest absolute Gasteiger partial charge is 0.163 e. The second-order valence-electron chi connectivity index (χ2n) is 4.51. The predicted octanol–water partition coefficient (Wildman–Crippen LogP) is 0.719. The van der Waals surface area contributed by atoms with Gasteiger partial charge in [-0.05, 0) is 18.6 Å². The van der Waals surface area contributed by atoms with Crippen molar-refractivity contribution in [1.82, 2.24) is 9.88 Å². The average molecular weight is 246 g/mol. The highest BCUT2D eigenvalue weighted by atomic mass is 16.5. The van der Waals surface area contributed by atoms with Gasteiger partial charge in [0.1, 0.15) is 6.07 Å². The van der Waals surface area contributed by atoms with Gasteiger partial charge in [-0.1, -0.05) is 0 Å². The molecule has 0 aromatic carbocycles. The van der Waals surface area contributed by atoms with Gasteiger partial charge in [0.2, 0.25) is 0 Å². The molecule has 0 amide bonds. The fourth-order valence-corrected chi connectivity index (χ4v) is 2.06. The number of ether oxygens (including phenoxy) is 1. The molecule has 1 aliphatic rings. The number of nitrogen functional groups attached to an aromatic ring is 1. The van der Waals surface area contributed by atoms with Gasteiger partial charge in [0.25, 0.3) is 0 Å². The Bertz CT molecular complexity index is 461. The van der Waals surface area contributed by atoms with Crippen molar-refractivity contribution in [2.75, 3.05) is 38.6 Å². The van der Waals surface area contributed by atoms with Crippen LogP contribution < -0.4 is 5.73 Å². The number of nitrogens with two attached hydrogens (primary N) is 1. The third-order valence-electron chi connectivity index (χ3n) is 3.21. The Morgan fingerprint density at radius 2 is 2.22 bits per heavy atom. The molecule has 0 spiro atoms. The van der Waals surface area contributed by atoms with Crippen LogP contribution in [0.15, 0.2) is 6.07 Å². The Balaban J connectivity index is 2.01. The van der Waals surface area contributed by atoms with Crippen molar-refractivity contribution < 1.29 is 4.74 Å². The highest BCUT2D eigenvalue weighted by molar-refractivity contribution is 5.55. The Labute approximate surface area is 107 Å². The molecule has 0 bridgehead atoms. The monoisotopic (exact) mass is 246 g/mol. The minimum absolute atomic E-state index is 0.340. The minimum Gasteiger partial charge on any atom is -0.396 e. The van der Waals surface area contributed by atoms with E-state index in [0.29, 0.717) is 11.4 Å². The van der Waals surface area contributed by atoms with Gasteiger partial charge in [0, 0.05) is 31.7 Å². The first-order chi connectivity index (χ1) is 8.70. The maximum Gasteiger partial charge on any atom is 0.163 e. The quantitative estimate of drug-likeness (QED) is 0.850. The van der Waals surface area contributed by atoms with Crippen molar-refractivity contribution in [3.63, 3.8) is 0 Å². The highest BCUT2D eigenvalue weighted by Gasteiger charge is 2.11. The van der Waals surface area contributed by atoms with Crippen molar-refractivity contribution in [2.24, 2.45) is 0 Å². The van der Waals surface area contributed by atoms with Crippen LogP contribution in [-0.4, -0.2) is 42.7 Å². The zero-order valence-electron chi connectivity index (χ0n) is 10.6. The summed E-state index contributed by atoms with van der Waals surface area (Å²) in [7, 11) is 0. The summed E-state index contributed by atoms with van der Waals surface area (Å²) in [5.41, 5.74) is 8.49. The number of aryl methyl sites for hydroxylation is 1. The van der Waals surface area contributed by atoms with Crippen LogP contribution in [0.3, 0.4) is 0 Å². The molecule has 2 N–H and O–H groups in total. The maximum absolute atomic E-state index is 8.96. The lowest BCUT2D eigenvalue weighted by Crippen LogP contribution is -2.37. The molecule has 5 heteroatoms. The van der Waals surface area contributed by atoms with Crippen molar-refractivity contribution in [3.05, 3.63) is 23.0 Å². The van der Waals surface area contributed by atoms with E-state index >= 15 is 0 Å². The van der Waals surface area contributed by atoms with Crippen LogP contribution in [0.2, 0.25) is 0 Å². The second kappa shape index (κ2) is 5.80. The minimum atomic E-state index is 0.340. The molecular weight excluding hydrogens is 228 g/mol. The first-order valence-electron chi connectivity index (χ1n) is 6.17. The van der Waals surface area contributed by atoms with Crippen molar-refractivity contribution in [3.8, 4) is 6.07 Å². The molecule has 0 radical (unpaired) electrons. The number of nitrogens with zero attached hydrogens (tertiary/aromatic N) is 3. The Morgan fingerprint density at radius 3 is 2.89 bits per heavy atom. The fraction of sp³-hybridized carbons (Fsp3) is 0.538. The largest absolute Gasteiger partial charge is 0.396 e. The zero-order valence-corrected chi connectivity index (χ0v) is 10.6. The third-order valence-corrected chi connectivity index (χ3v) is 3.21. The van der Waals surface area contributed by atoms with E-state index in [-0.39, 0.29) is 0 Å². The lowest BCUT2D eigenvalue weighted by molar-refractivity contribution is 0.0383. The van der Waals surface area contributed by atoms with Gasteiger partial charge in [-0.25, -0.2) is 4.98 Å². The van der Waals surface area contributed by atoms with E-state index in [1.54, 1.807) is 0 Å². The van der Waals surface area contributed by atoms with Crippen molar-refractivity contribution in [2.45, 2.75) is 13.3 Å². The van der Waals surface area contributed by atoms with Crippen LogP contribution in [0, 0.1) is 18.3 Å². The summed E-state index contributed by atoms with van der Waals surface area (Å²) in [4.78, 5) is 6.64. The van der Waals surface area contributed by atoms with Gasteiger partial charge in [-0.2, -0.15) is 5.26 Å². The standard InChI is InChI=1S/C13H18N4O/c1-10-8-11(16-12(9-14)13(10)15)2-3-17-4-6-18-7-5-17/h8H,2-7,15H2,1H3. The van der Waals surface area contributed by atoms with Crippen LogP contribution in [0.5, 0.6) is 0 Å². The summed E-state index contributed by atoms with van der Waals surface area (Å²) in [5, 5.41) is 8.96. The van der Waals surface area contributed by atoms with Gasteiger partial charge >= 0.3 is 0 Å². The van der Waals surface area contributed by atoms with Gasteiger partial charge in [0.05, 0.1) is 18.9 Å². The van der Waals surface area contributed by atoms with E-state index < -0.39 is 0 Å². The van der Waals surface area contributed by atoms with E-state index in [2.05, 4.69) is 9.88 Å². The molecule has 2 rings (SSSR count). The summed E-state index contributed by atoms with van der Waals surface area (Å²) >= 11 is 0. The van der Waals surface area contributed by atoms with Crippen LogP contribution in [-0.2, 0) is 11.2 Å². The third kappa shape index (κ3) is 2.97. The summed E-state index contributed by atoms with van der Waals surface area (Å²) < 4.78 is 5.31. The number of nitriles is 1. The second-order valence-corrected chi connectivity index (χ2v) is 4.51. The number of hydrogen-bond donors (Lipinski definition) is 1. The summed E-state index contributed by atoms with van der Waals surface area (Å²) in [6, 6.07) is 4.01. The van der Waals surface area contributed by atoms with Crippen molar-refractivity contribution >= 4 is 5.69 Å². The van der Waals surface area contributed by atoms with Crippen LogP contribution in [0.4, 0.5) is 5.69 Å². The van der Waals surface area contributed by atoms with Crippen molar-refractivity contribution in [1.29, 1.82) is 5.26 Å². The van der Waals surface area contributed by atoms with Crippen LogP contribution in [0.25, 0.3) is 0 Å². The average Bonchev–Trinajstić information content (AvgIpc) is 2.41.